The van der Waals surface area contributed by atoms with Crippen LogP contribution in [0, 0.1) is 0 Å². The number of rotatable bonds is 6. The van der Waals surface area contributed by atoms with Gasteiger partial charge in [-0.1, -0.05) is 30.7 Å². The lowest BCUT2D eigenvalue weighted by Crippen LogP contribution is -2.43. The van der Waals surface area contributed by atoms with Gasteiger partial charge in [-0.2, -0.15) is 0 Å². The number of hydrogen-bond acceptors (Lipinski definition) is 2. The second kappa shape index (κ2) is 5.93. The first-order valence-corrected chi connectivity index (χ1v) is 7.06. The highest BCUT2D eigenvalue weighted by molar-refractivity contribution is 6.30. The maximum absolute atomic E-state index is 12.5. The van der Waals surface area contributed by atoms with Crippen LogP contribution < -0.4 is 5.32 Å². The number of carbonyl (C=O) groups excluding carboxylic acids is 1. The van der Waals surface area contributed by atoms with Gasteiger partial charge in [-0.3, -0.25) is 4.79 Å². The molecule has 0 aromatic heterocycles. The Morgan fingerprint density at radius 2 is 2.05 bits per heavy atom. The summed E-state index contributed by atoms with van der Waals surface area (Å²) < 4.78 is 5.12. The van der Waals surface area contributed by atoms with Crippen LogP contribution in [0.5, 0.6) is 0 Å². The van der Waals surface area contributed by atoms with Gasteiger partial charge in [-0.05, 0) is 37.0 Å². The third kappa shape index (κ3) is 3.10. The van der Waals surface area contributed by atoms with Gasteiger partial charge in [0.15, 0.2) is 0 Å². The van der Waals surface area contributed by atoms with E-state index in [2.05, 4.69) is 5.32 Å². The Balaban J connectivity index is 2.07. The summed E-state index contributed by atoms with van der Waals surface area (Å²) in [4.78, 5) is 12.5. The van der Waals surface area contributed by atoms with Gasteiger partial charge < -0.3 is 10.1 Å². The summed E-state index contributed by atoms with van der Waals surface area (Å²) in [6, 6.07) is 7.67. The van der Waals surface area contributed by atoms with Gasteiger partial charge in [-0.15, -0.1) is 0 Å². The van der Waals surface area contributed by atoms with Gasteiger partial charge in [0.1, 0.15) is 0 Å². The zero-order valence-corrected chi connectivity index (χ0v) is 12.2. The average Bonchev–Trinajstić information content (AvgIpc) is 3.20. The van der Waals surface area contributed by atoms with Crippen molar-refractivity contribution in [2.75, 3.05) is 13.7 Å². The lowest BCUT2D eigenvalue weighted by molar-refractivity contribution is -0.124. The molecule has 0 saturated heterocycles. The summed E-state index contributed by atoms with van der Waals surface area (Å²) in [6.07, 6.45) is 2.68. The predicted octanol–water partition coefficient (Wildman–Crippen LogP) is 2.91. The lowest BCUT2D eigenvalue weighted by Gasteiger charge is -2.21. The molecule has 1 unspecified atom stereocenters. The number of nitrogens with one attached hydrogen (secondary N) is 1. The average molecular weight is 282 g/mol. The molecule has 104 valence electrons. The Labute approximate surface area is 119 Å². The van der Waals surface area contributed by atoms with Crippen molar-refractivity contribution >= 4 is 17.5 Å². The molecule has 1 N–H and O–H groups in total. The molecule has 0 heterocycles. The summed E-state index contributed by atoms with van der Waals surface area (Å²) >= 11 is 5.89. The number of hydrogen-bond donors (Lipinski definition) is 1. The molecule has 1 saturated carbocycles. The fraction of sp³-hybridized carbons (Fsp3) is 0.533. The van der Waals surface area contributed by atoms with Crippen molar-refractivity contribution in [2.45, 2.75) is 37.6 Å². The van der Waals surface area contributed by atoms with Crippen LogP contribution in [0.25, 0.3) is 0 Å². The molecule has 19 heavy (non-hydrogen) atoms. The maximum Gasteiger partial charge on any atom is 0.230 e. The topological polar surface area (TPSA) is 38.3 Å². The first-order chi connectivity index (χ1) is 9.12. The van der Waals surface area contributed by atoms with Crippen molar-refractivity contribution in [1.82, 2.24) is 5.32 Å². The fourth-order valence-corrected chi connectivity index (χ4v) is 2.45. The highest BCUT2D eigenvalue weighted by Crippen LogP contribution is 2.48. The first-order valence-electron chi connectivity index (χ1n) is 6.68. The van der Waals surface area contributed by atoms with Crippen LogP contribution in [0.2, 0.25) is 5.02 Å². The molecular weight excluding hydrogens is 262 g/mol. The molecule has 2 rings (SSSR count). The SMILES string of the molecule is CCC(COC)NC(=O)C1(c2ccc(Cl)cc2)CC1. The van der Waals surface area contributed by atoms with Crippen LogP contribution in [0.4, 0.5) is 0 Å². The smallest absolute Gasteiger partial charge is 0.230 e. The van der Waals surface area contributed by atoms with Crippen molar-refractivity contribution < 1.29 is 9.53 Å². The van der Waals surface area contributed by atoms with Crippen molar-refractivity contribution in [2.24, 2.45) is 0 Å². The lowest BCUT2D eigenvalue weighted by atomic mass is 9.94. The van der Waals surface area contributed by atoms with E-state index in [-0.39, 0.29) is 17.4 Å². The van der Waals surface area contributed by atoms with Gasteiger partial charge in [0, 0.05) is 12.1 Å². The third-order valence-corrected chi connectivity index (χ3v) is 4.03. The second-order valence-corrected chi connectivity index (χ2v) is 5.56. The standard InChI is InChI=1S/C15H20ClNO2/c1-3-13(10-19-2)17-14(18)15(8-9-15)11-4-6-12(16)7-5-11/h4-7,13H,3,8-10H2,1-2H3,(H,17,18). The number of benzene rings is 1. The Morgan fingerprint density at radius 1 is 1.42 bits per heavy atom. The van der Waals surface area contributed by atoms with E-state index in [1.165, 1.54) is 0 Å². The summed E-state index contributed by atoms with van der Waals surface area (Å²) in [6.45, 7) is 2.60. The summed E-state index contributed by atoms with van der Waals surface area (Å²) in [5.41, 5.74) is 0.716. The van der Waals surface area contributed by atoms with Crippen molar-refractivity contribution in [3.8, 4) is 0 Å². The summed E-state index contributed by atoms with van der Waals surface area (Å²) in [7, 11) is 1.65. The highest BCUT2D eigenvalue weighted by Gasteiger charge is 2.51. The second-order valence-electron chi connectivity index (χ2n) is 5.12. The first kappa shape index (κ1) is 14.4. The Morgan fingerprint density at radius 3 is 2.53 bits per heavy atom. The van der Waals surface area contributed by atoms with E-state index in [1.54, 1.807) is 7.11 Å². The number of carbonyl (C=O) groups is 1. The van der Waals surface area contributed by atoms with Gasteiger partial charge in [0.05, 0.1) is 18.1 Å². The minimum absolute atomic E-state index is 0.0854. The third-order valence-electron chi connectivity index (χ3n) is 3.78. The summed E-state index contributed by atoms with van der Waals surface area (Å²) in [5, 5.41) is 3.79. The van der Waals surface area contributed by atoms with Crippen LogP contribution in [0.1, 0.15) is 31.7 Å². The van der Waals surface area contributed by atoms with Gasteiger partial charge in [-0.25, -0.2) is 0 Å². The quantitative estimate of drug-likeness (QED) is 0.871. The van der Waals surface area contributed by atoms with E-state index in [4.69, 9.17) is 16.3 Å². The zero-order valence-electron chi connectivity index (χ0n) is 11.4. The van der Waals surface area contributed by atoms with Crippen molar-refractivity contribution in [3.63, 3.8) is 0 Å². The van der Waals surface area contributed by atoms with E-state index < -0.39 is 0 Å². The minimum Gasteiger partial charge on any atom is -0.383 e. The Bertz CT molecular complexity index is 440. The number of methoxy groups -OCH3 is 1. The van der Waals surface area contributed by atoms with Crippen LogP contribution >= 0.6 is 11.6 Å². The van der Waals surface area contributed by atoms with Crippen LogP contribution in [0.3, 0.4) is 0 Å². The van der Waals surface area contributed by atoms with Gasteiger partial charge in [0.25, 0.3) is 0 Å². The molecule has 3 nitrogen and oxygen atoms in total. The van der Waals surface area contributed by atoms with E-state index in [1.807, 2.05) is 31.2 Å². The van der Waals surface area contributed by atoms with E-state index >= 15 is 0 Å². The molecule has 0 spiro atoms. The Kier molecular flexibility index (Phi) is 4.48. The Hall–Kier alpha value is -1.06. The zero-order chi connectivity index (χ0) is 13.9. The molecule has 1 aliphatic carbocycles. The van der Waals surface area contributed by atoms with E-state index in [9.17, 15) is 4.79 Å². The van der Waals surface area contributed by atoms with E-state index in [0.717, 1.165) is 24.8 Å². The molecule has 0 bridgehead atoms. The number of ether oxygens (including phenoxy) is 1. The van der Waals surface area contributed by atoms with Crippen LogP contribution in [0.15, 0.2) is 24.3 Å². The molecule has 1 fully saturated rings. The monoisotopic (exact) mass is 281 g/mol. The van der Waals surface area contributed by atoms with E-state index in [0.29, 0.717) is 11.6 Å². The largest absolute Gasteiger partial charge is 0.383 e. The molecule has 0 aliphatic heterocycles. The molecule has 0 radical (unpaired) electrons. The summed E-state index contributed by atoms with van der Waals surface area (Å²) in [5.74, 6) is 0.110. The number of amides is 1. The number of halogens is 1. The molecule has 4 heteroatoms. The van der Waals surface area contributed by atoms with Crippen LogP contribution in [-0.2, 0) is 14.9 Å². The molecule has 1 aromatic rings. The fourth-order valence-electron chi connectivity index (χ4n) is 2.33. The van der Waals surface area contributed by atoms with Gasteiger partial charge >= 0.3 is 0 Å². The molecule has 1 aliphatic rings. The van der Waals surface area contributed by atoms with Gasteiger partial charge in [0.2, 0.25) is 5.91 Å². The van der Waals surface area contributed by atoms with Crippen LogP contribution in [-0.4, -0.2) is 25.7 Å². The molecule has 1 amide bonds. The molecule has 1 aromatic carbocycles. The minimum atomic E-state index is -0.342. The molecular formula is C15H20ClNO2. The molecule has 1 atom stereocenters. The van der Waals surface area contributed by atoms with Crippen molar-refractivity contribution in [1.29, 1.82) is 0 Å². The van der Waals surface area contributed by atoms with Crippen molar-refractivity contribution in [3.05, 3.63) is 34.9 Å². The predicted molar refractivity (Wildman–Crippen MR) is 76.5 cm³/mol. The normalized spacial score (nSPS) is 17.8. The maximum atomic E-state index is 12.5. The highest BCUT2D eigenvalue weighted by atomic mass is 35.5.